The normalized spacial score (nSPS) is 34.7. The summed E-state index contributed by atoms with van der Waals surface area (Å²) >= 11 is 0. The van der Waals surface area contributed by atoms with Gasteiger partial charge in [-0.1, -0.05) is 18.2 Å². The minimum atomic E-state index is -3.54. The zero-order valence-electron chi connectivity index (χ0n) is 16.9. The number of aliphatic hydroxyl groups is 4. The first-order valence-electron chi connectivity index (χ1n) is 9.05. The van der Waals surface area contributed by atoms with Crippen LogP contribution in [0.2, 0.25) is 0 Å². The second-order valence-electron chi connectivity index (χ2n) is 7.27. The van der Waals surface area contributed by atoms with Crippen LogP contribution in [-0.4, -0.2) is 78.9 Å². The van der Waals surface area contributed by atoms with Gasteiger partial charge in [0.2, 0.25) is 17.5 Å². The van der Waals surface area contributed by atoms with Gasteiger partial charge in [0, 0.05) is 0 Å². The number of aliphatic hydroxyl groups excluding tert-OH is 1. The topological polar surface area (TPSA) is 168 Å². The molecule has 1 unspecified atom stereocenters. The van der Waals surface area contributed by atoms with Crippen LogP contribution in [0.5, 0.6) is 5.75 Å². The highest BCUT2D eigenvalue weighted by atomic mass is 16.7. The van der Waals surface area contributed by atoms with Crippen molar-refractivity contribution in [1.82, 2.24) is 0 Å². The van der Waals surface area contributed by atoms with Gasteiger partial charge in [0.1, 0.15) is 11.9 Å². The third-order valence-corrected chi connectivity index (χ3v) is 5.32. The van der Waals surface area contributed by atoms with E-state index in [2.05, 4.69) is 0 Å². The van der Waals surface area contributed by atoms with Crippen molar-refractivity contribution < 1.29 is 49.1 Å². The lowest BCUT2D eigenvalue weighted by Crippen LogP contribution is -2.87. The number of hydrogen-bond donors (Lipinski definition) is 4. The van der Waals surface area contributed by atoms with Crippen molar-refractivity contribution in [3.05, 3.63) is 30.3 Å². The number of carbonyl (C=O) groups excluding carboxylic acids is 4. The Labute approximate surface area is 172 Å². The SMILES string of the molecule is CC(=O)[C@@]1(O)[C@](O)(C(C)=O)[C@@H](Oc2ccccc2)O[C@H](C(=O)C(C)O)[C@@]1(O)C(C)=O. The molecule has 0 aliphatic carbocycles. The van der Waals surface area contributed by atoms with E-state index in [-0.39, 0.29) is 5.75 Å². The fraction of sp³-hybridized carbons (Fsp3) is 0.500. The minimum absolute atomic E-state index is 0.0181. The van der Waals surface area contributed by atoms with Gasteiger partial charge in [0.25, 0.3) is 0 Å². The van der Waals surface area contributed by atoms with Crippen LogP contribution < -0.4 is 4.74 Å². The molecule has 30 heavy (non-hydrogen) atoms. The van der Waals surface area contributed by atoms with Gasteiger partial charge in [-0.05, 0) is 39.8 Å². The van der Waals surface area contributed by atoms with Crippen molar-refractivity contribution in [3.63, 3.8) is 0 Å². The average molecular weight is 424 g/mol. The zero-order chi connectivity index (χ0) is 23.1. The van der Waals surface area contributed by atoms with E-state index in [1.807, 2.05) is 0 Å². The molecular weight excluding hydrogens is 400 g/mol. The second-order valence-corrected chi connectivity index (χ2v) is 7.27. The van der Waals surface area contributed by atoms with E-state index < -0.39 is 58.4 Å². The van der Waals surface area contributed by atoms with Gasteiger partial charge >= 0.3 is 0 Å². The average Bonchev–Trinajstić information content (AvgIpc) is 2.67. The van der Waals surface area contributed by atoms with Crippen LogP contribution in [0.25, 0.3) is 0 Å². The number of ketones is 4. The first-order chi connectivity index (χ1) is 13.8. The standard InChI is InChI=1S/C20H24O10/c1-10(21)15(25)16-18(26,11(2)22)20(28,13(4)24)19(27,12(3)23)17(30-16)29-14-8-6-5-7-9-14/h5-10,16-17,21,26-28H,1-4H3/t10?,16-,17+,18+,19+,20+/m1/s1. The number of benzene rings is 1. The van der Waals surface area contributed by atoms with E-state index in [0.717, 1.165) is 27.7 Å². The third kappa shape index (κ3) is 3.17. The molecule has 6 atom stereocenters. The molecule has 1 saturated heterocycles. The molecule has 1 fully saturated rings. The zero-order valence-corrected chi connectivity index (χ0v) is 16.9. The lowest BCUT2D eigenvalue weighted by atomic mass is 9.60. The summed E-state index contributed by atoms with van der Waals surface area (Å²) in [5, 5.41) is 43.4. The van der Waals surface area contributed by atoms with Crippen LogP contribution in [-0.2, 0) is 23.9 Å². The van der Waals surface area contributed by atoms with E-state index in [9.17, 15) is 39.6 Å². The Kier molecular flexibility index (Phi) is 6.32. The van der Waals surface area contributed by atoms with Crippen molar-refractivity contribution in [1.29, 1.82) is 0 Å². The molecular formula is C20H24O10. The summed E-state index contributed by atoms with van der Waals surface area (Å²) in [6.45, 7) is 3.25. The fourth-order valence-corrected chi connectivity index (χ4v) is 3.60. The van der Waals surface area contributed by atoms with Gasteiger partial charge < -0.3 is 29.9 Å². The van der Waals surface area contributed by atoms with Gasteiger partial charge in [0.05, 0.1) is 0 Å². The monoisotopic (exact) mass is 424 g/mol. The quantitative estimate of drug-likeness (QED) is 0.413. The highest BCUT2D eigenvalue weighted by Gasteiger charge is 2.80. The van der Waals surface area contributed by atoms with Crippen molar-refractivity contribution in [2.24, 2.45) is 0 Å². The van der Waals surface area contributed by atoms with Crippen molar-refractivity contribution in [3.8, 4) is 5.75 Å². The maximum absolute atomic E-state index is 12.6. The van der Waals surface area contributed by atoms with Gasteiger partial charge in [-0.15, -0.1) is 0 Å². The Morgan fingerprint density at radius 1 is 0.933 bits per heavy atom. The molecule has 10 nitrogen and oxygen atoms in total. The molecule has 1 aliphatic heterocycles. The van der Waals surface area contributed by atoms with Gasteiger partial charge in [-0.2, -0.15) is 0 Å². The van der Waals surface area contributed by atoms with Crippen molar-refractivity contribution >= 4 is 23.1 Å². The lowest BCUT2D eigenvalue weighted by Gasteiger charge is -2.56. The summed E-state index contributed by atoms with van der Waals surface area (Å²) < 4.78 is 10.8. The summed E-state index contributed by atoms with van der Waals surface area (Å²) in [5.74, 6) is -5.28. The van der Waals surface area contributed by atoms with Crippen LogP contribution in [0.4, 0.5) is 0 Å². The van der Waals surface area contributed by atoms with Gasteiger partial charge in [-0.3, -0.25) is 19.2 Å². The van der Waals surface area contributed by atoms with Crippen LogP contribution >= 0.6 is 0 Å². The predicted molar refractivity (Wildman–Crippen MR) is 99.3 cm³/mol. The summed E-state index contributed by atoms with van der Waals surface area (Å²) in [6.07, 6.45) is -6.33. The molecule has 0 amide bonds. The van der Waals surface area contributed by atoms with Crippen LogP contribution in [0.1, 0.15) is 27.7 Å². The molecule has 10 heteroatoms. The molecule has 1 aromatic carbocycles. The van der Waals surface area contributed by atoms with Gasteiger partial charge in [0.15, 0.2) is 34.8 Å². The third-order valence-electron chi connectivity index (χ3n) is 5.32. The van der Waals surface area contributed by atoms with E-state index in [1.165, 1.54) is 24.3 Å². The Hall–Kier alpha value is -2.50. The molecule has 1 heterocycles. The van der Waals surface area contributed by atoms with Crippen LogP contribution in [0, 0.1) is 0 Å². The van der Waals surface area contributed by atoms with Crippen LogP contribution in [0.3, 0.4) is 0 Å². The Bertz CT molecular complexity index is 866. The Balaban J connectivity index is 2.82. The van der Waals surface area contributed by atoms with Crippen LogP contribution in [0.15, 0.2) is 30.3 Å². The number of ether oxygens (including phenoxy) is 2. The predicted octanol–water partition coefficient (Wildman–Crippen LogP) is -1.30. The van der Waals surface area contributed by atoms with E-state index >= 15 is 0 Å². The Morgan fingerprint density at radius 3 is 1.83 bits per heavy atom. The summed E-state index contributed by atoms with van der Waals surface area (Å²) in [6, 6.07) is 7.49. The second kappa shape index (κ2) is 7.97. The molecule has 164 valence electrons. The van der Waals surface area contributed by atoms with Crippen molar-refractivity contribution in [2.75, 3.05) is 0 Å². The smallest absolute Gasteiger partial charge is 0.240 e. The number of Topliss-reactive ketones (excluding diaryl/α,β-unsaturated/α-hetero) is 4. The largest absolute Gasteiger partial charge is 0.461 e. The number of hydrogen-bond acceptors (Lipinski definition) is 10. The molecule has 1 aromatic rings. The minimum Gasteiger partial charge on any atom is -0.461 e. The number of para-hydroxylation sites is 1. The summed E-state index contributed by atoms with van der Waals surface area (Å²) in [4.78, 5) is 50.0. The van der Waals surface area contributed by atoms with E-state index in [0.29, 0.717) is 0 Å². The number of rotatable bonds is 7. The lowest BCUT2D eigenvalue weighted by molar-refractivity contribution is -0.344. The molecule has 0 radical (unpaired) electrons. The summed E-state index contributed by atoms with van der Waals surface area (Å²) in [7, 11) is 0. The van der Waals surface area contributed by atoms with E-state index in [1.54, 1.807) is 6.07 Å². The maximum atomic E-state index is 12.6. The highest BCUT2D eigenvalue weighted by molar-refractivity contribution is 6.08. The van der Waals surface area contributed by atoms with Gasteiger partial charge in [-0.25, -0.2) is 0 Å². The molecule has 0 aromatic heterocycles. The molecule has 0 spiro atoms. The first kappa shape index (κ1) is 23.8. The van der Waals surface area contributed by atoms with E-state index in [4.69, 9.17) is 9.47 Å². The number of carbonyl (C=O) groups is 4. The molecule has 4 N–H and O–H groups in total. The van der Waals surface area contributed by atoms with Crippen molar-refractivity contribution in [2.45, 2.75) is 63.0 Å². The Morgan fingerprint density at radius 2 is 1.43 bits per heavy atom. The fourth-order valence-electron chi connectivity index (χ4n) is 3.60. The maximum Gasteiger partial charge on any atom is 0.240 e. The molecule has 1 aliphatic rings. The highest BCUT2D eigenvalue weighted by Crippen LogP contribution is 2.47. The summed E-state index contributed by atoms with van der Waals surface area (Å²) in [5.41, 5.74) is -10.2. The molecule has 0 bridgehead atoms. The first-order valence-corrected chi connectivity index (χ1v) is 9.05. The molecule has 2 rings (SSSR count). The molecule has 0 saturated carbocycles.